The highest BCUT2D eigenvalue weighted by molar-refractivity contribution is 8.00. The first-order chi connectivity index (χ1) is 14.2. The average Bonchev–Trinajstić information content (AvgIpc) is 3.13. The van der Waals surface area contributed by atoms with Crippen LogP contribution in [0, 0.1) is 6.92 Å². The van der Waals surface area contributed by atoms with Gasteiger partial charge in [-0.3, -0.25) is 18.7 Å². The van der Waals surface area contributed by atoms with E-state index in [1.54, 1.807) is 13.1 Å². The third kappa shape index (κ3) is 3.72. The molecular formula is C21H25N5O3S. The summed E-state index contributed by atoms with van der Waals surface area (Å²) in [6.07, 6.45) is 1.79. The molecule has 0 aliphatic heterocycles. The number of nitrogen functional groups attached to an aromatic ring is 1. The van der Waals surface area contributed by atoms with Crippen LogP contribution in [0.2, 0.25) is 0 Å². The van der Waals surface area contributed by atoms with Crippen LogP contribution < -0.4 is 17.0 Å². The van der Waals surface area contributed by atoms with Gasteiger partial charge in [0.15, 0.2) is 10.9 Å². The van der Waals surface area contributed by atoms with Crippen molar-refractivity contribution in [2.75, 3.05) is 5.73 Å². The normalized spacial score (nSPS) is 12.2. The summed E-state index contributed by atoms with van der Waals surface area (Å²) < 4.78 is 4.03. The summed E-state index contributed by atoms with van der Waals surface area (Å²) in [5.74, 6) is -0.559. The van der Waals surface area contributed by atoms with Crippen LogP contribution in [0.5, 0.6) is 0 Å². The molecule has 3 aromatic rings. The first kappa shape index (κ1) is 21.6. The largest absolute Gasteiger partial charge is 0.384 e. The predicted molar refractivity (Wildman–Crippen MR) is 119 cm³/mol. The van der Waals surface area contributed by atoms with Gasteiger partial charge in [-0.1, -0.05) is 41.6 Å². The van der Waals surface area contributed by atoms with Crippen LogP contribution in [-0.2, 0) is 20.6 Å². The van der Waals surface area contributed by atoms with Crippen LogP contribution in [0.25, 0.3) is 11.3 Å². The molecule has 2 heterocycles. The Balaban J connectivity index is 1.95. The van der Waals surface area contributed by atoms with Gasteiger partial charge in [0.1, 0.15) is 11.4 Å². The molecule has 0 saturated heterocycles. The number of carbonyl (C=O) groups excluding carboxylic acids is 1. The molecule has 0 amide bonds. The Kier molecular flexibility index (Phi) is 6.02. The van der Waals surface area contributed by atoms with E-state index in [4.69, 9.17) is 5.73 Å². The zero-order chi connectivity index (χ0) is 22.2. The van der Waals surface area contributed by atoms with Crippen molar-refractivity contribution in [2.45, 2.75) is 37.7 Å². The van der Waals surface area contributed by atoms with Crippen LogP contribution in [0.4, 0.5) is 5.82 Å². The van der Waals surface area contributed by atoms with Crippen molar-refractivity contribution < 1.29 is 4.79 Å². The number of hydrogen-bond donors (Lipinski definition) is 1. The standard InChI is InChI=1S/C21H25N5O3S/c1-6-26-15(14-9-7-12(2)8-10-14)11-23-20(26)30-13(3)17(27)16-18(22)24(4)21(29)25(5)19(16)28/h7-11,13H,6,22H2,1-5H3/t13-/m1/s1. The van der Waals surface area contributed by atoms with Crippen LogP contribution in [0.1, 0.15) is 29.8 Å². The van der Waals surface area contributed by atoms with Crippen molar-refractivity contribution >= 4 is 23.4 Å². The van der Waals surface area contributed by atoms with Gasteiger partial charge in [-0.25, -0.2) is 9.78 Å². The van der Waals surface area contributed by atoms with E-state index in [0.717, 1.165) is 20.4 Å². The van der Waals surface area contributed by atoms with Crippen molar-refractivity contribution in [3.05, 3.63) is 62.4 Å². The van der Waals surface area contributed by atoms with Gasteiger partial charge in [0.2, 0.25) is 0 Å². The Bertz CT molecular complexity index is 1220. The number of Topliss-reactive ketones (excluding diaryl/α,β-unsaturated/α-hetero) is 1. The van der Waals surface area contributed by atoms with Crippen molar-refractivity contribution in [2.24, 2.45) is 14.1 Å². The molecule has 30 heavy (non-hydrogen) atoms. The Morgan fingerprint density at radius 3 is 2.40 bits per heavy atom. The maximum Gasteiger partial charge on any atom is 0.332 e. The molecule has 158 valence electrons. The highest BCUT2D eigenvalue weighted by atomic mass is 32.2. The summed E-state index contributed by atoms with van der Waals surface area (Å²) in [7, 11) is 2.76. The smallest absolute Gasteiger partial charge is 0.332 e. The van der Waals surface area contributed by atoms with Gasteiger partial charge in [-0.15, -0.1) is 0 Å². The second-order valence-electron chi connectivity index (χ2n) is 7.13. The Hall–Kier alpha value is -3.07. The molecule has 8 nitrogen and oxygen atoms in total. The molecule has 0 aliphatic rings. The fourth-order valence-electron chi connectivity index (χ4n) is 3.22. The number of nitrogens with zero attached hydrogens (tertiary/aromatic N) is 4. The van der Waals surface area contributed by atoms with Gasteiger partial charge in [0.25, 0.3) is 5.56 Å². The van der Waals surface area contributed by atoms with E-state index < -0.39 is 22.3 Å². The van der Waals surface area contributed by atoms with Crippen LogP contribution in [0.15, 0.2) is 45.2 Å². The predicted octanol–water partition coefficient (Wildman–Crippen LogP) is 2.22. The molecule has 1 atom stereocenters. The lowest BCUT2D eigenvalue weighted by Crippen LogP contribution is -2.42. The van der Waals surface area contributed by atoms with E-state index in [1.165, 1.54) is 31.4 Å². The van der Waals surface area contributed by atoms with Crippen molar-refractivity contribution in [3.8, 4) is 11.3 Å². The molecule has 1 aromatic carbocycles. The number of aromatic nitrogens is 4. The van der Waals surface area contributed by atoms with Crippen LogP contribution in [-0.4, -0.2) is 29.7 Å². The zero-order valence-corrected chi connectivity index (χ0v) is 18.5. The molecule has 0 bridgehead atoms. The third-order valence-corrected chi connectivity index (χ3v) is 6.19. The molecule has 2 aromatic heterocycles. The number of rotatable bonds is 6. The molecule has 0 aliphatic carbocycles. The van der Waals surface area contributed by atoms with Gasteiger partial charge in [-0.05, 0) is 26.3 Å². The lowest BCUT2D eigenvalue weighted by Gasteiger charge is -2.15. The maximum atomic E-state index is 13.1. The van der Waals surface area contributed by atoms with Crippen molar-refractivity contribution in [3.63, 3.8) is 0 Å². The average molecular weight is 428 g/mol. The Morgan fingerprint density at radius 1 is 1.17 bits per heavy atom. The minimum Gasteiger partial charge on any atom is -0.384 e. The molecule has 9 heteroatoms. The quantitative estimate of drug-likeness (QED) is 0.478. The number of hydrogen-bond acceptors (Lipinski definition) is 6. The molecule has 0 saturated carbocycles. The second-order valence-corrected chi connectivity index (χ2v) is 8.43. The van der Waals surface area contributed by atoms with Crippen molar-refractivity contribution in [1.82, 2.24) is 18.7 Å². The number of aryl methyl sites for hydroxylation is 1. The number of nitrogens with two attached hydrogens (primary N) is 1. The summed E-state index contributed by atoms with van der Waals surface area (Å²) in [5, 5.41) is 0.0604. The number of carbonyl (C=O) groups is 1. The first-order valence-corrected chi connectivity index (χ1v) is 10.4. The summed E-state index contributed by atoms with van der Waals surface area (Å²) in [4.78, 5) is 42.1. The Morgan fingerprint density at radius 2 is 1.80 bits per heavy atom. The molecule has 0 radical (unpaired) electrons. The van der Waals surface area contributed by atoms with E-state index in [0.29, 0.717) is 11.7 Å². The molecule has 0 fully saturated rings. The van der Waals surface area contributed by atoms with E-state index in [1.807, 2.05) is 42.7 Å². The van der Waals surface area contributed by atoms with E-state index >= 15 is 0 Å². The molecule has 0 unspecified atom stereocenters. The fraction of sp³-hybridized carbons (Fsp3) is 0.333. The van der Waals surface area contributed by atoms with Gasteiger partial charge >= 0.3 is 5.69 Å². The van der Waals surface area contributed by atoms with Gasteiger partial charge in [0, 0.05) is 20.6 Å². The fourth-order valence-corrected chi connectivity index (χ4v) is 4.23. The maximum absolute atomic E-state index is 13.1. The van der Waals surface area contributed by atoms with Gasteiger partial charge < -0.3 is 10.3 Å². The van der Waals surface area contributed by atoms with Gasteiger partial charge in [0.05, 0.1) is 17.1 Å². The van der Waals surface area contributed by atoms with E-state index in [-0.39, 0.29) is 11.4 Å². The van der Waals surface area contributed by atoms with Crippen LogP contribution in [0.3, 0.4) is 0 Å². The highest BCUT2D eigenvalue weighted by Crippen LogP contribution is 2.30. The summed E-state index contributed by atoms with van der Waals surface area (Å²) >= 11 is 1.26. The number of anilines is 1. The Labute approximate surface area is 178 Å². The highest BCUT2D eigenvalue weighted by Gasteiger charge is 2.27. The van der Waals surface area contributed by atoms with E-state index in [2.05, 4.69) is 4.98 Å². The minimum absolute atomic E-state index is 0.125. The molecular weight excluding hydrogens is 402 g/mol. The van der Waals surface area contributed by atoms with E-state index in [9.17, 15) is 14.4 Å². The third-order valence-electron chi connectivity index (χ3n) is 5.09. The second kappa shape index (κ2) is 8.35. The molecule has 0 spiro atoms. The lowest BCUT2D eigenvalue weighted by molar-refractivity contribution is 0.0992. The number of imidazole rings is 1. The number of benzene rings is 1. The SMILES string of the molecule is CCn1c(-c2ccc(C)cc2)cnc1S[C@H](C)C(=O)c1c(N)n(C)c(=O)n(C)c1=O. The number of thioether (sulfide) groups is 1. The summed E-state index contributed by atoms with van der Waals surface area (Å²) in [6.45, 7) is 6.43. The lowest BCUT2D eigenvalue weighted by atomic mass is 10.1. The topological polar surface area (TPSA) is 105 Å². The molecule has 3 rings (SSSR count). The monoisotopic (exact) mass is 427 g/mol. The first-order valence-electron chi connectivity index (χ1n) is 9.56. The summed E-state index contributed by atoms with van der Waals surface area (Å²) in [6, 6.07) is 8.16. The summed E-state index contributed by atoms with van der Waals surface area (Å²) in [5.41, 5.74) is 7.67. The minimum atomic E-state index is -0.688. The number of ketones is 1. The van der Waals surface area contributed by atoms with Crippen molar-refractivity contribution in [1.29, 1.82) is 0 Å². The van der Waals surface area contributed by atoms with Gasteiger partial charge in [-0.2, -0.15) is 0 Å². The molecule has 2 N–H and O–H groups in total. The zero-order valence-electron chi connectivity index (χ0n) is 17.7. The van der Waals surface area contributed by atoms with Crippen LogP contribution >= 0.6 is 11.8 Å².